The van der Waals surface area contributed by atoms with Gasteiger partial charge in [0.05, 0.1) is 6.42 Å². The third-order valence-corrected chi connectivity index (χ3v) is 5.80. The minimum Gasteiger partial charge on any atom is -0.481 e. The SMILES string of the molecule is CCCCCCCCCCCCCCCC/C=C/S(=O)(=O)NCCC(=O)O. The third kappa shape index (κ3) is 21.3. The van der Waals surface area contributed by atoms with Gasteiger partial charge in [0.25, 0.3) is 0 Å². The molecule has 5 nitrogen and oxygen atoms in total. The van der Waals surface area contributed by atoms with E-state index in [0.717, 1.165) is 24.7 Å². The van der Waals surface area contributed by atoms with Crippen LogP contribution in [-0.4, -0.2) is 26.0 Å². The number of hydrogen-bond donors (Lipinski definition) is 2. The van der Waals surface area contributed by atoms with Gasteiger partial charge in [-0.1, -0.05) is 96.5 Å². The molecular weight excluding hydrogens is 362 g/mol. The minimum atomic E-state index is -3.49. The van der Waals surface area contributed by atoms with E-state index >= 15 is 0 Å². The van der Waals surface area contributed by atoms with Crippen LogP contribution in [0.3, 0.4) is 0 Å². The zero-order valence-electron chi connectivity index (χ0n) is 17.3. The number of carboxylic acid groups (broad SMARTS) is 1. The monoisotopic (exact) mass is 403 g/mol. The number of allylic oxidation sites excluding steroid dienone is 1. The van der Waals surface area contributed by atoms with Gasteiger partial charge in [0, 0.05) is 12.0 Å². The third-order valence-electron chi connectivity index (χ3n) is 4.64. The molecule has 6 heteroatoms. The molecule has 0 saturated carbocycles. The maximum atomic E-state index is 11.6. The van der Waals surface area contributed by atoms with Crippen LogP contribution < -0.4 is 4.72 Å². The first-order chi connectivity index (χ1) is 13.0. The fourth-order valence-corrected chi connectivity index (χ4v) is 3.87. The van der Waals surface area contributed by atoms with E-state index in [9.17, 15) is 13.2 Å². The zero-order valence-corrected chi connectivity index (χ0v) is 18.1. The van der Waals surface area contributed by atoms with Crippen molar-refractivity contribution >= 4 is 16.0 Å². The Kier molecular flexibility index (Phi) is 17.9. The molecular formula is C21H41NO4S. The predicted octanol–water partition coefficient (Wildman–Crippen LogP) is 5.77. The van der Waals surface area contributed by atoms with Gasteiger partial charge in [-0.25, -0.2) is 13.1 Å². The van der Waals surface area contributed by atoms with E-state index < -0.39 is 16.0 Å². The van der Waals surface area contributed by atoms with Crippen LogP contribution in [0, 0.1) is 0 Å². The van der Waals surface area contributed by atoms with Crippen LogP contribution in [-0.2, 0) is 14.8 Å². The Morgan fingerprint density at radius 2 is 1.26 bits per heavy atom. The molecule has 0 unspecified atom stereocenters. The molecule has 0 heterocycles. The second-order valence-corrected chi connectivity index (χ2v) is 8.99. The molecule has 0 spiro atoms. The molecule has 2 N–H and O–H groups in total. The lowest BCUT2D eigenvalue weighted by atomic mass is 10.0. The molecule has 0 atom stereocenters. The van der Waals surface area contributed by atoms with Gasteiger partial charge in [-0.3, -0.25) is 4.79 Å². The fourth-order valence-electron chi connectivity index (χ4n) is 3.00. The van der Waals surface area contributed by atoms with Crippen molar-refractivity contribution in [3.8, 4) is 0 Å². The van der Waals surface area contributed by atoms with Crippen LogP contribution in [0.25, 0.3) is 0 Å². The van der Waals surface area contributed by atoms with Crippen molar-refractivity contribution in [2.45, 2.75) is 110 Å². The molecule has 0 rings (SSSR count). The number of rotatable bonds is 20. The number of aliphatic carboxylic acids is 1. The molecule has 0 fully saturated rings. The molecule has 0 radical (unpaired) electrons. The molecule has 0 aromatic carbocycles. The van der Waals surface area contributed by atoms with Gasteiger partial charge in [-0.2, -0.15) is 0 Å². The summed E-state index contributed by atoms with van der Waals surface area (Å²) >= 11 is 0. The highest BCUT2D eigenvalue weighted by atomic mass is 32.2. The van der Waals surface area contributed by atoms with E-state index in [-0.39, 0.29) is 13.0 Å². The molecule has 160 valence electrons. The van der Waals surface area contributed by atoms with Crippen molar-refractivity contribution in [2.75, 3.05) is 6.54 Å². The Morgan fingerprint density at radius 1 is 0.815 bits per heavy atom. The number of unbranched alkanes of at least 4 members (excludes halogenated alkanes) is 14. The van der Waals surface area contributed by atoms with Gasteiger partial charge in [0.2, 0.25) is 10.0 Å². The average Bonchev–Trinajstić information content (AvgIpc) is 2.60. The first kappa shape index (κ1) is 26.1. The number of sulfonamides is 1. The molecule has 0 aromatic heterocycles. The zero-order chi connectivity index (χ0) is 20.2. The van der Waals surface area contributed by atoms with Crippen LogP contribution in [0.4, 0.5) is 0 Å². The smallest absolute Gasteiger partial charge is 0.304 e. The number of hydrogen-bond acceptors (Lipinski definition) is 3. The van der Waals surface area contributed by atoms with Gasteiger partial charge in [0.15, 0.2) is 0 Å². The van der Waals surface area contributed by atoms with E-state index in [1.807, 2.05) is 0 Å². The van der Waals surface area contributed by atoms with Gasteiger partial charge in [-0.15, -0.1) is 0 Å². The first-order valence-electron chi connectivity index (χ1n) is 10.9. The summed E-state index contributed by atoms with van der Waals surface area (Å²) in [5.74, 6) is -1.01. The molecule has 0 amide bonds. The summed E-state index contributed by atoms with van der Waals surface area (Å²) < 4.78 is 25.4. The lowest BCUT2D eigenvalue weighted by molar-refractivity contribution is -0.136. The summed E-state index contributed by atoms with van der Waals surface area (Å²) in [5.41, 5.74) is 0. The lowest BCUT2D eigenvalue weighted by Crippen LogP contribution is -2.24. The van der Waals surface area contributed by atoms with Gasteiger partial charge in [-0.05, 0) is 12.8 Å². The van der Waals surface area contributed by atoms with Gasteiger partial charge in [0.1, 0.15) is 0 Å². The largest absolute Gasteiger partial charge is 0.481 e. The lowest BCUT2D eigenvalue weighted by Gasteiger charge is -2.03. The van der Waals surface area contributed by atoms with Crippen molar-refractivity contribution in [1.29, 1.82) is 0 Å². The summed E-state index contributed by atoms with van der Waals surface area (Å²) in [4.78, 5) is 10.3. The topological polar surface area (TPSA) is 83.5 Å². The minimum absolute atomic E-state index is 0.0686. The van der Waals surface area contributed by atoms with Crippen molar-refractivity contribution in [3.63, 3.8) is 0 Å². The number of carbonyl (C=O) groups is 1. The molecule has 0 aliphatic heterocycles. The van der Waals surface area contributed by atoms with E-state index in [1.165, 1.54) is 77.0 Å². The summed E-state index contributed by atoms with van der Waals surface area (Å²) in [6.07, 6.45) is 20.5. The summed E-state index contributed by atoms with van der Waals surface area (Å²) in [5, 5.41) is 9.63. The average molecular weight is 404 g/mol. The summed E-state index contributed by atoms with van der Waals surface area (Å²) in [6, 6.07) is 0. The normalized spacial score (nSPS) is 12.0. The second-order valence-electron chi connectivity index (χ2n) is 7.34. The van der Waals surface area contributed by atoms with Crippen molar-refractivity contribution in [3.05, 3.63) is 11.5 Å². The van der Waals surface area contributed by atoms with Crippen LogP contribution in [0.15, 0.2) is 11.5 Å². The fraction of sp³-hybridized carbons (Fsp3) is 0.857. The van der Waals surface area contributed by atoms with Crippen LogP contribution in [0.1, 0.15) is 110 Å². The van der Waals surface area contributed by atoms with Crippen LogP contribution >= 0.6 is 0 Å². The number of carboxylic acids is 1. The quantitative estimate of drug-likeness (QED) is 0.253. The molecule has 0 saturated heterocycles. The maximum Gasteiger partial charge on any atom is 0.304 e. The Morgan fingerprint density at radius 3 is 1.70 bits per heavy atom. The van der Waals surface area contributed by atoms with Crippen molar-refractivity contribution in [1.82, 2.24) is 4.72 Å². The molecule has 0 aliphatic carbocycles. The van der Waals surface area contributed by atoms with Crippen molar-refractivity contribution < 1.29 is 18.3 Å². The highest BCUT2D eigenvalue weighted by Gasteiger charge is 2.05. The highest BCUT2D eigenvalue weighted by Crippen LogP contribution is 2.13. The second kappa shape index (κ2) is 18.5. The Labute approximate surface area is 167 Å². The van der Waals surface area contributed by atoms with Crippen molar-refractivity contribution in [2.24, 2.45) is 0 Å². The maximum absolute atomic E-state index is 11.6. The van der Waals surface area contributed by atoms with Gasteiger partial charge < -0.3 is 5.11 Å². The van der Waals surface area contributed by atoms with Crippen LogP contribution in [0.5, 0.6) is 0 Å². The Bertz CT molecular complexity index is 475. The van der Waals surface area contributed by atoms with Crippen LogP contribution in [0.2, 0.25) is 0 Å². The van der Waals surface area contributed by atoms with E-state index in [1.54, 1.807) is 6.08 Å². The molecule has 27 heavy (non-hydrogen) atoms. The standard InChI is InChI=1S/C21H41NO4S/c1-2-3-4-5-6-7-8-9-10-11-12-13-14-15-16-17-20-27(25,26)22-19-18-21(23)24/h17,20,22H,2-16,18-19H2,1H3,(H,23,24)/b20-17+. The van der Waals surface area contributed by atoms with E-state index in [4.69, 9.17) is 5.11 Å². The number of nitrogens with one attached hydrogen (secondary N) is 1. The van der Waals surface area contributed by atoms with E-state index in [0.29, 0.717) is 0 Å². The molecule has 0 aromatic rings. The predicted molar refractivity (Wildman–Crippen MR) is 113 cm³/mol. The van der Waals surface area contributed by atoms with Gasteiger partial charge >= 0.3 is 5.97 Å². The van der Waals surface area contributed by atoms with E-state index in [2.05, 4.69) is 11.6 Å². The Balaban J connectivity index is 3.36. The summed E-state index contributed by atoms with van der Waals surface area (Å²) in [7, 11) is -3.49. The first-order valence-corrected chi connectivity index (χ1v) is 12.4. The Hall–Kier alpha value is -0.880. The molecule has 0 aliphatic rings. The molecule has 0 bridgehead atoms. The summed E-state index contributed by atoms with van der Waals surface area (Å²) in [6.45, 7) is 2.19. The highest BCUT2D eigenvalue weighted by molar-refractivity contribution is 7.92.